The van der Waals surface area contributed by atoms with Crippen LogP contribution in [0.5, 0.6) is 0 Å². The second kappa shape index (κ2) is 3.30. The maximum atomic E-state index is 14.2. The summed E-state index contributed by atoms with van der Waals surface area (Å²) in [5.74, 6) is -0.178. The minimum Gasteiger partial charge on any atom is -0.346 e. The van der Waals surface area contributed by atoms with Gasteiger partial charge in [-0.15, -0.1) is 0 Å². The van der Waals surface area contributed by atoms with E-state index in [9.17, 15) is 4.39 Å². The topological polar surface area (TPSA) is 28.7 Å². The van der Waals surface area contributed by atoms with Crippen molar-refractivity contribution < 1.29 is 4.39 Å². The third-order valence-electron chi connectivity index (χ3n) is 2.87. The first-order chi connectivity index (χ1) is 7.32. The van der Waals surface area contributed by atoms with Gasteiger partial charge in [-0.1, -0.05) is 20.8 Å². The Morgan fingerprint density at radius 3 is 2.44 bits per heavy atom. The van der Waals surface area contributed by atoms with Gasteiger partial charge in [0, 0.05) is 17.1 Å². The molecular weight excluding hydrogens is 203 g/mol. The van der Waals surface area contributed by atoms with Crippen LogP contribution in [0.3, 0.4) is 0 Å². The molecule has 1 N–H and O–H groups in total. The molecule has 2 rings (SSSR count). The number of fused-ring (bicyclic) bond motifs is 1. The summed E-state index contributed by atoms with van der Waals surface area (Å²) >= 11 is 0. The van der Waals surface area contributed by atoms with Gasteiger partial charge in [0.1, 0.15) is 11.5 Å². The monoisotopic (exact) mass is 220 g/mol. The highest BCUT2D eigenvalue weighted by atomic mass is 19.1. The standard InChI is InChI=1S/C13H17FN2/c1-7-6-15-12-9(7)10(13(3,4)5)11(14)8(2)16-12/h6H,1-5H3,(H,15,16). The Kier molecular flexibility index (Phi) is 2.30. The first kappa shape index (κ1) is 11.1. The summed E-state index contributed by atoms with van der Waals surface area (Å²) in [7, 11) is 0. The van der Waals surface area contributed by atoms with Gasteiger partial charge in [-0.2, -0.15) is 0 Å². The van der Waals surface area contributed by atoms with Crippen molar-refractivity contribution in [3.63, 3.8) is 0 Å². The van der Waals surface area contributed by atoms with Crippen LogP contribution in [0.25, 0.3) is 11.0 Å². The Morgan fingerprint density at radius 1 is 1.25 bits per heavy atom. The molecule has 0 amide bonds. The molecule has 0 fully saturated rings. The molecule has 0 saturated carbocycles. The number of H-pyrrole nitrogens is 1. The van der Waals surface area contributed by atoms with Crippen LogP contribution in [0.1, 0.15) is 37.6 Å². The van der Waals surface area contributed by atoms with Crippen LogP contribution >= 0.6 is 0 Å². The Bertz CT molecular complexity index is 547. The van der Waals surface area contributed by atoms with Crippen molar-refractivity contribution in [2.24, 2.45) is 0 Å². The average molecular weight is 220 g/mol. The molecule has 3 heteroatoms. The summed E-state index contributed by atoms with van der Waals surface area (Å²) in [6.45, 7) is 9.76. The number of hydrogen-bond donors (Lipinski definition) is 1. The zero-order chi connectivity index (χ0) is 12.1. The molecule has 0 spiro atoms. The third-order valence-corrected chi connectivity index (χ3v) is 2.87. The molecule has 0 aliphatic heterocycles. The fourth-order valence-corrected chi connectivity index (χ4v) is 2.12. The molecule has 0 aliphatic rings. The van der Waals surface area contributed by atoms with Gasteiger partial charge >= 0.3 is 0 Å². The van der Waals surface area contributed by atoms with E-state index in [1.54, 1.807) is 6.92 Å². The lowest BCUT2D eigenvalue weighted by atomic mass is 9.84. The molecule has 2 heterocycles. The van der Waals surface area contributed by atoms with Crippen LogP contribution in [0.4, 0.5) is 4.39 Å². The summed E-state index contributed by atoms with van der Waals surface area (Å²) in [4.78, 5) is 7.33. The largest absolute Gasteiger partial charge is 0.346 e. The molecular formula is C13H17FN2. The van der Waals surface area contributed by atoms with E-state index >= 15 is 0 Å². The summed E-state index contributed by atoms with van der Waals surface area (Å²) in [6, 6.07) is 0. The van der Waals surface area contributed by atoms with Gasteiger partial charge in [0.05, 0.1) is 5.69 Å². The van der Waals surface area contributed by atoms with E-state index in [0.717, 1.165) is 22.2 Å². The molecule has 2 aromatic heterocycles. The number of aryl methyl sites for hydroxylation is 2. The van der Waals surface area contributed by atoms with Gasteiger partial charge in [-0.05, 0) is 24.8 Å². The van der Waals surface area contributed by atoms with Crippen LogP contribution < -0.4 is 0 Å². The van der Waals surface area contributed by atoms with Crippen molar-refractivity contribution in [1.29, 1.82) is 0 Å². The molecule has 2 aromatic rings. The number of aromatic nitrogens is 2. The molecule has 0 aromatic carbocycles. The van der Waals surface area contributed by atoms with E-state index in [1.165, 1.54) is 0 Å². The normalized spacial score (nSPS) is 12.4. The Labute approximate surface area is 94.9 Å². The maximum Gasteiger partial charge on any atom is 0.148 e. The number of aromatic amines is 1. The van der Waals surface area contributed by atoms with E-state index in [1.807, 2.05) is 33.9 Å². The Hall–Kier alpha value is -1.38. The van der Waals surface area contributed by atoms with Gasteiger partial charge in [0.15, 0.2) is 0 Å². The highest BCUT2D eigenvalue weighted by Gasteiger charge is 2.25. The van der Waals surface area contributed by atoms with E-state index in [2.05, 4.69) is 9.97 Å². The lowest BCUT2D eigenvalue weighted by Crippen LogP contribution is -2.16. The fourth-order valence-electron chi connectivity index (χ4n) is 2.12. The number of hydrogen-bond acceptors (Lipinski definition) is 1. The van der Waals surface area contributed by atoms with Crippen molar-refractivity contribution in [3.05, 3.63) is 28.8 Å². The predicted octanol–water partition coefficient (Wildman–Crippen LogP) is 3.62. The predicted molar refractivity (Wildman–Crippen MR) is 64.2 cm³/mol. The van der Waals surface area contributed by atoms with Crippen LogP contribution in [0.15, 0.2) is 6.20 Å². The third kappa shape index (κ3) is 1.51. The minimum atomic E-state index is -0.219. The van der Waals surface area contributed by atoms with Crippen molar-refractivity contribution in [3.8, 4) is 0 Å². The van der Waals surface area contributed by atoms with Crippen LogP contribution in [-0.2, 0) is 5.41 Å². The van der Waals surface area contributed by atoms with Crippen molar-refractivity contribution in [2.75, 3.05) is 0 Å². The van der Waals surface area contributed by atoms with Gasteiger partial charge in [0.25, 0.3) is 0 Å². The summed E-state index contributed by atoms with van der Waals surface area (Å²) in [5, 5.41) is 0.926. The van der Waals surface area contributed by atoms with Crippen molar-refractivity contribution in [2.45, 2.75) is 40.0 Å². The molecule has 86 valence electrons. The molecule has 0 saturated heterocycles. The molecule has 0 bridgehead atoms. The molecule has 0 atom stereocenters. The van der Waals surface area contributed by atoms with Gasteiger partial charge in [-0.25, -0.2) is 9.37 Å². The Morgan fingerprint density at radius 2 is 1.88 bits per heavy atom. The van der Waals surface area contributed by atoms with Crippen LogP contribution in [0, 0.1) is 19.7 Å². The van der Waals surface area contributed by atoms with Crippen molar-refractivity contribution in [1.82, 2.24) is 9.97 Å². The number of pyridine rings is 1. The van der Waals surface area contributed by atoms with E-state index in [4.69, 9.17) is 0 Å². The average Bonchev–Trinajstić information content (AvgIpc) is 2.47. The molecule has 0 radical (unpaired) electrons. The lowest BCUT2D eigenvalue weighted by Gasteiger charge is -2.22. The summed E-state index contributed by atoms with van der Waals surface area (Å²) < 4.78 is 14.2. The van der Waals surface area contributed by atoms with Crippen LogP contribution in [0.2, 0.25) is 0 Å². The number of halogens is 1. The highest BCUT2D eigenvalue weighted by Crippen LogP contribution is 2.34. The smallest absolute Gasteiger partial charge is 0.148 e. The molecule has 2 nitrogen and oxygen atoms in total. The SMILES string of the molecule is Cc1nc2[nH]cc(C)c2c(C(C)(C)C)c1F. The van der Waals surface area contributed by atoms with E-state index < -0.39 is 0 Å². The molecule has 0 aliphatic carbocycles. The zero-order valence-corrected chi connectivity index (χ0v) is 10.4. The fraction of sp³-hybridized carbons (Fsp3) is 0.462. The van der Waals surface area contributed by atoms with Crippen LogP contribution in [-0.4, -0.2) is 9.97 Å². The Balaban J connectivity index is 2.97. The zero-order valence-electron chi connectivity index (χ0n) is 10.4. The number of rotatable bonds is 0. The van der Waals surface area contributed by atoms with Gasteiger partial charge in [0.2, 0.25) is 0 Å². The summed E-state index contributed by atoms with van der Waals surface area (Å²) in [5.41, 5.74) is 2.82. The maximum absolute atomic E-state index is 14.2. The number of nitrogens with one attached hydrogen (secondary N) is 1. The van der Waals surface area contributed by atoms with Gasteiger partial charge in [-0.3, -0.25) is 0 Å². The van der Waals surface area contributed by atoms with E-state index in [0.29, 0.717) is 5.69 Å². The number of nitrogens with zero attached hydrogens (tertiary/aromatic N) is 1. The first-order valence-electron chi connectivity index (χ1n) is 5.46. The molecule has 16 heavy (non-hydrogen) atoms. The second-order valence-corrected chi connectivity index (χ2v) is 5.33. The lowest BCUT2D eigenvalue weighted by molar-refractivity contribution is 0.520. The van der Waals surface area contributed by atoms with Gasteiger partial charge < -0.3 is 4.98 Å². The van der Waals surface area contributed by atoms with Crippen molar-refractivity contribution >= 4 is 11.0 Å². The van der Waals surface area contributed by atoms with E-state index in [-0.39, 0.29) is 11.2 Å². The highest BCUT2D eigenvalue weighted by molar-refractivity contribution is 5.84. The quantitative estimate of drug-likeness (QED) is 0.721. The second-order valence-electron chi connectivity index (χ2n) is 5.33. The first-order valence-corrected chi connectivity index (χ1v) is 5.46. The minimum absolute atomic E-state index is 0.178. The summed E-state index contributed by atoms with van der Waals surface area (Å²) in [6.07, 6.45) is 1.88. The molecule has 0 unspecified atom stereocenters.